The minimum atomic E-state index is -0.174. The first kappa shape index (κ1) is 19.1. The summed E-state index contributed by atoms with van der Waals surface area (Å²) in [4.78, 5) is 14.8. The Hall–Kier alpha value is -2.28. The molecule has 2 aromatic rings. The van der Waals surface area contributed by atoms with Crippen molar-refractivity contribution in [2.75, 3.05) is 19.6 Å². The molecule has 7 heteroatoms. The summed E-state index contributed by atoms with van der Waals surface area (Å²) >= 11 is 0. The van der Waals surface area contributed by atoms with Crippen molar-refractivity contribution < 1.29 is 9.18 Å². The number of rotatable bonds is 5. The molecule has 1 aromatic carbocycles. The zero-order chi connectivity index (χ0) is 19.6. The molecule has 0 unspecified atom stereocenters. The topological polar surface area (TPSA) is 63.1 Å². The van der Waals surface area contributed by atoms with Crippen LogP contribution >= 0.6 is 0 Å². The van der Waals surface area contributed by atoms with Crippen molar-refractivity contribution >= 4 is 5.91 Å². The van der Waals surface area contributed by atoms with Crippen molar-refractivity contribution in [3.63, 3.8) is 0 Å². The van der Waals surface area contributed by atoms with E-state index < -0.39 is 0 Å². The number of aryl methyl sites for hydroxylation is 1. The zero-order valence-electron chi connectivity index (χ0n) is 16.5. The van der Waals surface area contributed by atoms with Crippen LogP contribution in [-0.4, -0.2) is 45.2 Å². The number of piperidine rings is 1. The number of aromatic nitrogens is 3. The van der Waals surface area contributed by atoms with Gasteiger partial charge in [-0.1, -0.05) is 19.1 Å². The van der Waals surface area contributed by atoms with Crippen molar-refractivity contribution in [3.05, 3.63) is 47.3 Å². The van der Waals surface area contributed by atoms with Gasteiger partial charge in [0.15, 0.2) is 0 Å². The molecule has 0 radical (unpaired) electrons. The predicted molar refractivity (Wildman–Crippen MR) is 104 cm³/mol. The molecule has 3 heterocycles. The molecule has 2 aliphatic rings. The second kappa shape index (κ2) is 7.99. The van der Waals surface area contributed by atoms with Gasteiger partial charge in [0, 0.05) is 26.1 Å². The SMILES string of the molecule is CCCNC(=O)c1nnc2n1CC1(CC2)CCN(Cc2cccc(F)c2)CC1. The highest BCUT2D eigenvalue weighted by molar-refractivity contribution is 5.90. The molecule has 2 aliphatic heterocycles. The summed E-state index contributed by atoms with van der Waals surface area (Å²) in [6, 6.07) is 6.87. The maximum absolute atomic E-state index is 13.4. The number of hydrogen-bond donors (Lipinski definition) is 1. The van der Waals surface area contributed by atoms with E-state index in [-0.39, 0.29) is 17.1 Å². The Morgan fingerprint density at radius 3 is 2.82 bits per heavy atom. The number of fused-ring (bicyclic) bond motifs is 1. The Balaban J connectivity index is 1.40. The highest BCUT2D eigenvalue weighted by atomic mass is 19.1. The molecule has 0 saturated carbocycles. The Labute approximate surface area is 165 Å². The molecule has 28 heavy (non-hydrogen) atoms. The number of benzene rings is 1. The normalized spacial score (nSPS) is 18.8. The first-order valence-electron chi connectivity index (χ1n) is 10.3. The third kappa shape index (κ3) is 3.94. The average Bonchev–Trinajstić information content (AvgIpc) is 3.11. The summed E-state index contributed by atoms with van der Waals surface area (Å²) in [6.45, 7) is 6.28. The summed E-state index contributed by atoms with van der Waals surface area (Å²) < 4.78 is 15.5. The fourth-order valence-corrected chi connectivity index (χ4v) is 4.45. The molecule has 0 bridgehead atoms. The highest BCUT2D eigenvalue weighted by Crippen LogP contribution is 2.41. The van der Waals surface area contributed by atoms with E-state index in [1.807, 2.05) is 17.6 Å². The van der Waals surface area contributed by atoms with E-state index in [0.717, 1.165) is 69.7 Å². The van der Waals surface area contributed by atoms with Crippen LogP contribution in [0, 0.1) is 11.2 Å². The summed E-state index contributed by atoms with van der Waals surface area (Å²) in [7, 11) is 0. The van der Waals surface area contributed by atoms with Crippen molar-refractivity contribution in [2.24, 2.45) is 5.41 Å². The van der Waals surface area contributed by atoms with Crippen molar-refractivity contribution in [3.8, 4) is 0 Å². The number of amides is 1. The second-order valence-electron chi connectivity index (χ2n) is 8.19. The van der Waals surface area contributed by atoms with Gasteiger partial charge in [0.2, 0.25) is 5.82 Å². The van der Waals surface area contributed by atoms with Crippen LogP contribution in [0.4, 0.5) is 4.39 Å². The molecule has 6 nitrogen and oxygen atoms in total. The molecular formula is C21H28FN5O. The number of likely N-dealkylation sites (tertiary alicyclic amines) is 1. The maximum Gasteiger partial charge on any atom is 0.289 e. The third-order valence-electron chi connectivity index (χ3n) is 6.15. The first-order valence-corrected chi connectivity index (χ1v) is 10.3. The summed E-state index contributed by atoms with van der Waals surface area (Å²) in [5.74, 6) is 1.08. The van der Waals surface area contributed by atoms with Crippen LogP contribution in [0.1, 0.15) is 54.6 Å². The van der Waals surface area contributed by atoms with E-state index in [0.29, 0.717) is 12.4 Å². The van der Waals surface area contributed by atoms with Gasteiger partial charge in [0.1, 0.15) is 11.6 Å². The summed E-state index contributed by atoms with van der Waals surface area (Å²) in [6.07, 6.45) is 5.03. The van der Waals surface area contributed by atoms with Crippen LogP contribution in [0.3, 0.4) is 0 Å². The van der Waals surface area contributed by atoms with Crippen LogP contribution in [0.2, 0.25) is 0 Å². The van der Waals surface area contributed by atoms with Crippen LogP contribution in [0.15, 0.2) is 24.3 Å². The summed E-state index contributed by atoms with van der Waals surface area (Å²) in [5, 5.41) is 11.3. The monoisotopic (exact) mass is 385 g/mol. The number of nitrogens with one attached hydrogen (secondary N) is 1. The van der Waals surface area contributed by atoms with Crippen LogP contribution in [0.25, 0.3) is 0 Å². The van der Waals surface area contributed by atoms with Crippen molar-refractivity contribution in [2.45, 2.75) is 52.1 Å². The average molecular weight is 385 g/mol. The van der Waals surface area contributed by atoms with Gasteiger partial charge in [-0.15, -0.1) is 10.2 Å². The molecule has 1 N–H and O–H groups in total. The lowest BCUT2D eigenvalue weighted by atomic mass is 9.73. The van der Waals surface area contributed by atoms with Gasteiger partial charge in [0.05, 0.1) is 0 Å². The first-order chi connectivity index (χ1) is 13.6. The number of hydrogen-bond acceptors (Lipinski definition) is 4. The van der Waals surface area contributed by atoms with E-state index in [2.05, 4.69) is 20.4 Å². The predicted octanol–water partition coefficient (Wildman–Crippen LogP) is 2.79. The lowest BCUT2D eigenvalue weighted by Gasteiger charge is -2.44. The minimum absolute atomic E-state index is 0.124. The molecule has 150 valence electrons. The number of nitrogens with zero attached hydrogens (tertiary/aromatic N) is 4. The number of carbonyl (C=O) groups excluding carboxylic acids is 1. The van der Waals surface area contributed by atoms with Crippen molar-refractivity contribution in [1.82, 2.24) is 25.0 Å². The molecule has 1 saturated heterocycles. The Morgan fingerprint density at radius 1 is 1.25 bits per heavy atom. The van der Waals surface area contributed by atoms with Gasteiger partial charge in [-0.3, -0.25) is 9.69 Å². The minimum Gasteiger partial charge on any atom is -0.349 e. The fourth-order valence-electron chi connectivity index (χ4n) is 4.45. The zero-order valence-corrected chi connectivity index (χ0v) is 16.5. The molecule has 1 aromatic heterocycles. The Bertz CT molecular complexity index is 841. The Morgan fingerprint density at radius 2 is 2.07 bits per heavy atom. The molecule has 1 fully saturated rings. The second-order valence-corrected chi connectivity index (χ2v) is 8.19. The lowest BCUT2D eigenvalue weighted by molar-refractivity contribution is 0.0617. The van der Waals surface area contributed by atoms with E-state index in [1.165, 1.54) is 6.07 Å². The molecule has 1 spiro atoms. The fraction of sp³-hybridized carbons (Fsp3) is 0.571. The van der Waals surface area contributed by atoms with Gasteiger partial charge >= 0.3 is 0 Å². The third-order valence-corrected chi connectivity index (χ3v) is 6.15. The van der Waals surface area contributed by atoms with Gasteiger partial charge in [-0.2, -0.15) is 0 Å². The highest BCUT2D eigenvalue weighted by Gasteiger charge is 2.39. The van der Waals surface area contributed by atoms with Gasteiger partial charge in [-0.05, 0) is 61.9 Å². The van der Waals surface area contributed by atoms with E-state index in [1.54, 1.807) is 12.1 Å². The molecule has 1 amide bonds. The standard InChI is InChI=1S/C21H28FN5O/c1-2-10-23-20(28)19-25-24-18-6-7-21(15-27(18)19)8-11-26(12-9-21)14-16-4-3-5-17(22)13-16/h3-5,13H,2,6-12,14-15H2,1H3,(H,23,28). The van der Waals surface area contributed by atoms with Gasteiger partial charge in [-0.25, -0.2) is 4.39 Å². The molecule has 4 rings (SSSR count). The largest absolute Gasteiger partial charge is 0.349 e. The molecule has 0 atom stereocenters. The summed E-state index contributed by atoms with van der Waals surface area (Å²) in [5.41, 5.74) is 1.23. The van der Waals surface area contributed by atoms with Crippen molar-refractivity contribution in [1.29, 1.82) is 0 Å². The maximum atomic E-state index is 13.4. The quantitative estimate of drug-likeness (QED) is 0.860. The van der Waals surface area contributed by atoms with E-state index in [9.17, 15) is 9.18 Å². The molecule has 0 aliphatic carbocycles. The van der Waals surface area contributed by atoms with Gasteiger partial charge < -0.3 is 9.88 Å². The number of carbonyl (C=O) groups is 1. The van der Waals surface area contributed by atoms with E-state index in [4.69, 9.17) is 0 Å². The number of halogens is 1. The Kier molecular flexibility index (Phi) is 5.44. The smallest absolute Gasteiger partial charge is 0.289 e. The van der Waals surface area contributed by atoms with Crippen LogP contribution in [0.5, 0.6) is 0 Å². The van der Waals surface area contributed by atoms with Gasteiger partial charge in [0.25, 0.3) is 5.91 Å². The van der Waals surface area contributed by atoms with Crippen LogP contribution < -0.4 is 5.32 Å². The lowest BCUT2D eigenvalue weighted by Crippen LogP contribution is -2.44. The van der Waals surface area contributed by atoms with Crippen LogP contribution in [-0.2, 0) is 19.5 Å². The van der Waals surface area contributed by atoms with E-state index >= 15 is 0 Å². The molecular weight excluding hydrogens is 357 g/mol.